The van der Waals surface area contributed by atoms with Crippen LogP contribution in [0.3, 0.4) is 0 Å². The topological polar surface area (TPSA) is 84.4 Å². The summed E-state index contributed by atoms with van der Waals surface area (Å²) in [5, 5.41) is 3.04. The predicted octanol–water partition coefficient (Wildman–Crippen LogP) is 1.69. The van der Waals surface area contributed by atoms with E-state index in [1.807, 2.05) is 0 Å². The minimum Gasteiger partial charge on any atom is -0.464 e. The lowest BCUT2D eigenvalue weighted by Gasteiger charge is -2.35. The zero-order valence-electron chi connectivity index (χ0n) is 14.7. The Labute approximate surface area is 148 Å². The molecule has 25 heavy (non-hydrogen) atoms. The van der Waals surface area contributed by atoms with Crippen LogP contribution in [-0.4, -0.2) is 47.1 Å². The van der Waals surface area contributed by atoms with E-state index in [1.165, 1.54) is 0 Å². The van der Waals surface area contributed by atoms with Crippen molar-refractivity contribution in [1.82, 2.24) is 15.3 Å². The Balaban J connectivity index is 1.66. The molecular formula is C18H26N4O3. The zero-order valence-corrected chi connectivity index (χ0v) is 14.7. The lowest BCUT2D eigenvalue weighted by Crippen LogP contribution is -2.56. The number of rotatable bonds is 5. The number of nitrogens with one attached hydrogen (secondary N) is 1. The van der Waals surface area contributed by atoms with Gasteiger partial charge in [-0.3, -0.25) is 9.78 Å². The molecule has 3 rings (SSSR count). The van der Waals surface area contributed by atoms with Gasteiger partial charge in [0.25, 0.3) is 0 Å². The highest BCUT2D eigenvalue weighted by atomic mass is 16.5. The van der Waals surface area contributed by atoms with Gasteiger partial charge in [-0.05, 0) is 32.6 Å². The van der Waals surface area contributed by atoms with Gasteiger partial charge in [-0.1, -0.05) is 12.8 Å². The van der Waals surface area contributed by atoms with Crippen molar-refractivity contribution in [3.63, 3.8) is 0 Å². The Morgan fingerprint density at radius 3 is 2.80 bits per heavy atom. The number of hydrogen-bond donors (Lipinski definition) is 1. The van der Waals surface area contributed by atoms with Gasteiger partial charge < -0.3 is 15.0 Å². The number of carbonyl (C=O) groups excluding carboxylic acids is 2. The summed E-state index contributed by atoms with van der Waals surface area (Å²) in [6, 6.07) is 0. The summed E-state index contributed by atoms with van der Waals surface area (Å²) < 4.78 is 5.23. The molecule has 1 saturated heterocycles. The number of esters is 1. The minimum absolute atomic E-state index is 0.0523. The summed E-state index contributed by atoms with van der Waals surface area (Å²) in [5.41, 5.74) is -0.831. The van der Waals surface area contributed by atoms with E-state index in [2.05, 4.69) is 20.2 Å². The number of amides is 1. The van der Waals surface area contributed by atoms with Gasteiger partial charge in [0, 0.05) is 25.5 Å². The van der Waals surface area contributed by atoms with Gasteiger partial charge in [-0.25, -0.2) is 9.78 Å². The fourth-order valence-corrected chi connectivity index (χ4v) is 3.82. The maximum Gasteiger partial charge on any atom is 0.331 e. The van der Waals surface area contributed by atoms with Crippen molar-refractivity contribution in [2.45, 2.75) is 51.0 Å². The van der Waals surface area contributed by atoms with Gasteiger partial charge in [-0.15, -0.1) is 0 Å². The fourth-order valence-electron chi connectivity index (χ4n) is 3.82. The molecule has 2 heterocycles. The van der Waals surface area contributed by atoms with Crippen LogP contribution in [0.25, 0.3) is 0 Å². The second kappa shape index (κ2) is 7.80. The van der Waals surface area contributed by atoms with Crippen LogP contribution in [0, 0.1) is 5.92 Å². The molecule has 0 bridgehead atoms. The molecular weight excluding hydrogens is 320 g/mol. The molecule has 7 heteroatoms. The van der Waals surface area contributed by atoms with Gasteiger partial charge in [0.2, 0.25) is 5.91 Å². The summed E-state index contributed by atoms with van der Waals surface area (Å²) in [6.07, 6.45) is 9.97. The average molecular weight is 346 g/mol. The van der Waals surface area contributed by atoms with Gasteiger partial charge in [-0.2, -0.15) is 0 Å². The largest absolute Gasteiger partial charge is 0.464 e. The zero-order chi connectivity index (χ0) is 17.7. The highest BCUT2D eigenvalue weighted by molar-refractivity contribution is 5.89. The van der Waals surface area contributed by atoms with Gasteiger partial charge in [0.15, 0.2) is 0 Å². The molecule has 1 amide bonds. The summed E-state index contributed by atoms with van der Waals surface area (Å²) in [5.74, 6) is 0.301. The minimum atomic E-state index is -0.831. The van der Waals surface area contributed by atoms with Crippen LogP contribution in [0.5, 0.6) is 0 Å². The highest BCUT2D eigenvalue weighted by Gasteiger charge is 2.45. The number of aromatic nitrogens is 2. The standard InChI is InChI=1S/C18H26N4O3/c1-2-25-17(24)18(7-3-4-8-18)21-16(23)14-6-5-11-22(13-14)15-12-19-9-10-20-15/h9-10,12,14H,2-8,11,13H2,1H3,(H,21,23)/t14-/m0/s1. The number of nitrogens with zero attached hydrogens (tertiary/aromatic N) is 3. The maximum atomic E-state index is 12.9. The lowest BCUT2D eigenvalue weighted by molar-refractivity contribution is -0.153. The van der Waals surface area contributed by atoms with Crippen LogP contribution in [0.1, 0.15) is 45.4 Å². The quantitative estimate of drug-likeness (QED) is 0.817. The van der Waals surface area contributed by atoms with Crippen LogP contribution >= 0.6 is 0 Å². The van der Waals surface area contributed by atoms with Gasteiger partial charge in [0.1, 0.15) is 11.4 Å². The van der Waals surface area contributed by atoms with E-state index >= 15 is 0 Å². The molecule has 0 spiro atoms. The molecule has 2 fully saturated rings. The Morgan fingerprint density at radius 2 is 2.12 bits per heavy atom. The van der Waals surface area contributed by atoms with Crippen LogP contribution in [0.15, 0.2) is 18.6 Å². The molecule has 1 aromatic rings. The first-order valence-corrected chi connectivity index (χ1v) is 9.15. The molecule has 1 atom stereocenters. The second-order valence-electron chi connectivity index (χ2n) is 6.85. The van der Waals surface area contributed by atoms with Crippen molar-refractivity contribution in [1.29, 1.82) is 0 Å². The molecule has 7 nitrogen and oxygen atoms in total. The smallest absolute Gasteiger partial charge is 0.331 e. The molecule has 1 aliphatic heterocycles. The molecule has 1 N–H and O–H groups in total. The number of piperidine rings is 1. The molecule has 136 valence electrons. The molecule has 1 saturated carbocycles. The summed E-state index contributed by atoms with van der Waals surface area (Å²) in [6.45, 7) is 3.59. The van der Waals surface area contributed by atoms with Crippen molar-refractivity contribution < 1.29 is 14.3 Å². The van der Waals surface area contributed by atoms with Crippen LogP contribution in [0.4, 0.5) is 5.82 Å². The van der Waals surface area contributed by atoms with E-state index in [1.54, 1.807) is 25.5 Å². The lowest BCUT2D eigenvalue weighted by atomic mass is 9.92. The number of anilines is 1. The summed E-state index contributed by atoms with van der Waals surface area (Å²) in [7, 11) is 0. The number of carbonyl (C=O) groups is 2. The highest BCUT2D eigenvalue weighted by Crippen LogP contribution is 2.32. The van der Waals surface area contributed by atoms with Crippen molar-refractivity contribution in [2.75, 3.05) is 24.6 Å². The molecule has 0 aromatic carbocycles. The average Bonchev–Trinajstić information content (AvgIpc) is 3.12. The molecule has 2 aliphatic rings. The van der Waals surface area contributed by atoms with E-state index in [0.29, 0.717) is 26.0 Å². The van der Waals surface area contributed by atoms with Crippen LogP contribution in [-0.2, 0) is 14.3 Å². The van der Waals surface area contributed by atoms with Crippen molar-refractivity contribution in [2.24, 2.45) is 5.92 Å². The third-order valence-corrected chi connectivity index (χ3v) is 5.15. The van der Waals surface area contributed by atoms with E-state index in [0.717, 1.165) is 38.0 Å². The Bertz CT molecular complexity index is 602. The Kier molecular flexibility index (Phi) is 5.50. The monoisotopic (exact) mass is 346 g/mol. The predicted molar refractivity (Wildman–Crippen MR) is 92.9 cm³/mol. The molecule has 1 aromatic heterocycles. The van der Waals surface area contributed by atoms with Gasteiger partial charge in [0.05, 0.1) is 18.7 Å². The first-order valence-electron chi connectivity index (χ1n) is 9.15. The molecule has 1 aliphatic carbocycles. The van der Waals surface area contributed by atoms with Crippen LogP contribution in [0.2, 0.25) is 0 Å². The van der Waals surface area contributed by atoms with E-state index < -0.39 is 5.54 Å². The van der Waals surface area contributed by atoms with Crippen molar-refractivity contribution in [3.05, 3.63) is 18.6 Å². The second-order valence-corrected chi connectivity index (χ2v) is 6.85. The van der Waals surface area contributed by atoms with Gasteiger partial charge >= 0.3 is 5.97 Å². The number of hydrogen-bond acceptors (Lipinski definition) is 6. The first-order chi connectivity index (χ1) is 12.1. The Morgan fingerprint density at radius 1 is 1.32 bits per heavy atom. The number of ether oxygens (including phenoxy) is 1. The molecule has 0 unspecified atom stereocenters. The third kappa shape index (κ3) is 3.91. The van der Waals surface area contributed by atoms with E-state index in [4.69, 9.17) is 4.74 Å². The fraction of sp³-hybridized carbons (Fsp3) is 0.667. The van der Waals surface area contributed by atoms with E-state index in [-0.39, 0.29) is 17.8 Å². The summed E-state index contributed by atoms with van der Waals surface area (Å²) >= 11 is 0. The Hall–Kier alpha value is -2.18. The molecule has 0 radical (unpaired) electrons. The normalized spacial score (nSPS) is 22.4. The maximum absolute atomic E-state index is 12.9. The van der Waals surface area contributed by atoms with Crippen molar-refractivity contribution >= 4 is 17.7 Å². The van der Waals surface area contributed by atoms with Crippen molar-refractivity contribution in [3.8, 4) is 0 Å². The van der Waals surface area contributed by atoms with E-state index in [9.17, 15) is 9.59 Å². The summed E-state index contributed by atoms with van der Waals surface area (Å²) in [4.78, 5) is 35.8. The third-order valence-electron chi connectivity index (χ3n) is 5.15. The SMILES string of the molecule is CCOC(=O)C1(NC(=O)[C@H]2CCCN(c3cnccn3)C2)CCCC1. The first kappa shape index (κ1) is 17.6. The van der Waals surface area contributed by atoms with Crippen LogP contribution < -0.4 is 10.2 Å².